The van der Waals surface area contributed by atoms with Crippen LogP contribution in [0, 0.1) is 12.7 Å². The van der Waals surface area contributed by atoms with Gasteiger partial charge in [-0.15, -0.1) is 11.3 Å². The number of nitrogens with zero attached hydrogens (tertiary/aromatic N) is 1. The van der Waals surface area contributed by atoms with Crippen molar-refractivity contribution in [3.05, 3.63) is 52.0 Å². The standard InChI is InChI=1S/C21H22F4N2O2S/c1-13-11-12-30-18(13)17(19(28)26-15-5-3-2-4-6-15)27(20(29)21(23,24)25)16-9-7-14(22)8-10-16/h7-12,15,17H,2-6H2,1H3,(H,26,28). The highest BCUT2D eigenvalue weighted by Gasteiger charge is 2.48. The Bertz CT molecular complexity index is 889. The van der Waals surface area contributed by atoms with Crippen LogP contribution >= 0.6 is 11.3 Å². The van der Waals surface area contributed by atoms with Gasteiger partial charge in [-0.3, -0.25) is 14.5 Å². The molecule has 30 heavy (non-hydrogen) atoms. The van der Waals surface area contributed by atoms with Gasteiger partial charge in [0.1, 0.15) is 5.82 Å². The SMILES string of the molecule is Cc1ccsc1C(C(=O)NC1CCCCC1)N(C(=O)C(F)(F)F)c1ccc(F)cc1. The molecule has 1 aliphatic carbocycles. The zero-order valence-corrected chi connectivity index (χ0v) is 17.2. The predicted octanol–water partition coefficient (Wildman–Crippen LogP) is 5.28. The van der Waals surface area contributed by atoms with Crippen molar-refractivity contribution in [1.29, 1.82) is 0 Å². The number of hydrogen-bond acceptors (Lipinski definition) is 3. The second-order valence-electron chi connectivity index (χ2n) is 7.36. The van der Waals surface area contributed by atoms with Crippen molar-refractivity contribution >= 4 is 28.8 Å². The highest BCUT2D eigenvalue weighted by molar-refractivity contribution is 7.10. The zero-order chi connectivity index (χ0) is 21.9. The first-order chi connectivity index (χ1) is 14.2. The molecular formula is C21H22F4N2O2S. The van der Waals surface area contributed by atoms with Crippen molar-refractivity contribution in [2.24, 2.45) is 0 Å². The molecule has 2 aromatic rings. The molecule has 1 saturated carbocycles. The molecule has 0 radical (unpaired) electrons. The summed E-state index contributed by atoms with van der Waals surface area (Å²) in [5, 5.41) is 4.49. The molecule has 0 aliphatic heterocycles. The minimum absolute atomic E-state index is 0.148. The maximum absolute atomic E-state index is 13.5. The van der Waals surface area contributed by atoms with E-state index >= 15 is 0 Å². The molecule has 1 aromatic carbocycles. The van der Waals surface area contributed by atoms with E-state index in [4.69, 9.17) is 0 Å². The van der Waals surface area contributed by atoms with Gasteiger partial charge in [0, 0.05) is 16.6 Å². The predicted molar refractivity (Wildman–Crippen MR) is 107 cm³/mol. The first-order valence-electron chi connectivity index (χ1n) is 9.69. The van der Waals surface area contributed by atoms with Gasteiger partial charge < -0.3 is 5.32 Å². The third kappa shape index (κ3) is 5.00. The lowest BCUT2D eigenvalue weighted by Gasteiger charge is -2.33. The molecular weight excluding hydrogens is 420 g/mol. The Morgan fingerprint density at radius 1 is 1.10 bits per heavy atom. The van der Waals surface area contributed by atoms with Crippen molar-refractivity contribution in [3.63, 3.8) is 0 Å². The molecule has 1 N–H and O–H groups in total. The lowest BCUT2D eigenvalue weighted by atomic mass is 9.95. The molecule has 1 fully saturated rings. The molecule has 162 valence electrons. The third-order valence-electron chi connectivity index (χ3n) is 5.17. The smallest absolute Gasteiger partial charge is 0.351 e. The van der Waals surface area contributed by atoms with Gasteiger partial charge in [0.15, 0.2) is 6.04 Å². The summed E-state index contributed by atoms with van der Waals surface area (Å²) in [7, 11) is 0. The minimum atomic E-state index is -5.21. The van der Waals surface area contributed by atoms with Crippen LogP contribution in [0.15, 0.2) is 35.7 Å². The molecule has 1 unspecified atom stereocenters. The molecule has 0 bridgehead atoms. The molecule has 0 spiro atoms. The second kappa shape index (κ2) is 9.16. The van der Waals surface area contributed by atoms with Crippen molar-refractivity contribution in [2.75, 3.05) is 4.90 Å². The summed E-state index contributed by atoms with van der Waals surface area (Å²) in [5.74, 6) is -3.51. The number of amides is 2. The second-order valence-corrected chi connectivity index (χ2v) is 8.31. The molecule has 1 heterocycles. The van der Waals surface area contributed by atoms with Crippen LogP contribution in [0.25, 0.3) is 0 Å². The van der Waals surface area contributed by atoms with Gasteiger partial charge in [-0.25, -0.2) is 4.39 Å². The highest BCUT2D eigenvalue weighted by Crippen LogP contribution is 2.36. The van der Waals surface area contributed by atoms with Crippen LogP contribution < -0.4 is 10.2 Å². The molecule has 1 aromatic heterocycles. The van der Waals surface area contributed by atoms with Gasteiger partial charge in [0.2, 0.25) is 5.91 Å². The molecule has 3 rings (SSSR count). The van der Waals surface area contributed by atoms with E-state index in [0.717, 1.165) is 67.7 Å². The van der Waals surface area contributed by atoms with Crippen LogP contribution in [-0.2, 0) is 9.59 Å². The van der Waals surface area contributed by atoms with E-state index in [1.165, 1.54) is 0 Å². The minimum Gasteiger partial charge on any atom is -0.351 e. The summed E-state index contributed by atoms with van der Waals surface area (Å²) in [6, 6.07) is 4.09. The van der Waals surface area contributed by atoms with Gasteiger partial charge in [-0.05, 0) is 61.0 Å². The van der Waals surface area contributed by atoms with Crippen LogP contribution in [0.3, 0.4) is 0 Å². The maximum atomic E-state index is 13.5. The molecule has 2 amide bonds. The fourth-order valence-corrected chi connectivity index (χ4v) is 4.68. The Hall–Kier alpha value is -2.42. The molecule has 1 aliphatic rings. The quantitative estimate of drug-likeness (QED) is 0.641. The van der Waals surface area contributed by atoms with Crippen LogP contribution in [0.1, 0.15) is 48.6 Å². The normalized spacial score (nSPS) is 16.2. The van der Waals surface area contributed by atoms with Crippen molar-refractivity contribution in [3.8, 4) is 0 Å². The Morgan fingerprint density at radius 3 is 2.27 bits per heavy atom. The number of hydrogen-bond donors (Lipinski definition) is 1. The number of carbonyl (C=O) groups excluding carboxylic acids is 2. The van der Waals surface area contributed by atoms with E-state index in [9.17, 15) is 27.2 Å². The van der Waals surface area contributed by atoms with Crippen LogP contribution in [0.5, 0.6) is 0 Å². The topological polar surface area (TPSA) is 49.4 Å². The van der Waals surface area contributed by atoms with Crippen LogP contribution in [0.4, 0.5) is 23.2 Å². The number of benzene rings is 1. The lowest BCUT2D eigenvalue weighted by molar-refractivity contribution is -0.171. The highest BCUT2D eigenvalue weighted by atomic mass is 32.1. The number of halogens is 4. The summed E-state index contributed by atoms with van der Waals surface area (Å²) in [6.07, 6.45) is -0.818. The average molecular weight is 442 g/mol. The largest absolute Gasteiger partial charge is 0.471 e. The first-order valence-corrected chi connectivity index (χ1v) is 10.6. The van der Waals surface area contributed by atoms with Crippen molar-refractivity contribution < 1.29 is 27.2 Å². The van der Waals surface area contributed by atoms with E-state index < -0.39 is 29.8 Å². The van der Waals surface area contributed by atoms with Gasteiger partial charge >= 0.3 is 12.1 Å². The van der Waals surface area contributed by atoms with Gasteiger partial charge in [-0.1, -0.05) is 19.3 Å². The lowest BCUT2D eigenvalue weighted by Crippen LogP contribution is -2.50. The molecule has 1 atom stereocenters. The monoisotopic (exact) mass is 442 g/mol. The van der Waals surface area contributed by atoms with Gasteiger partial charge in [0.05, 0.1) is 0 Å². The van der Waals surface area contributed by atoms with Gasteiger partial charge in [-0.2, -0.15) is 13.2 Å². The summed E-state index contributed by atoms with van der Waals surface area (Å²) >= 11 is 1.11. The fraction of sp³-hybridized carbons (Fsp3) is 0.429. The van der Waals surface area contributed by atoms with E-state index in [2.05, 4.69) is 5.32 Å². The summed E-state index contributed by atoms with van der Waals surface area (Å²) < 4.78 is 53.9. The molecule has 0 saturated heterocycles. The number of thiophene rings is 1. The van der Waals surface area contributed by atoms with E-state index in [0.29, 0.717) is 15.3 Å². The average Bonchev–Trinajstić information content (AvgIpc) is 3.11. The zero-order valence-electron chi connectivity index (χ0n) is 16.3. The molecule has 4 nitrogen and oxygen atoms in total. The van der Waals surface area contributed by atoms with E-state index in [1.54, 1.807) is 18.4 Å². The Kier molecular flexibility index (Phi) is 6.80. The number of anilines is 1. The van der Waals surface area contributed by atoms with Crippen LogP contribution in [-0.4, -0.2) is 24.0 Å². The number of rotatable bonds is 5. The fourth-order valence-electron chi connectivity index (χ4n) is 3.67. The van der Waals surface area contributed by atoms with E-state index in [1.807, 2.05) is 0 Å². The number of alkyl halides is 3. The summed E-state index contributed by atoms with van der Waals surface area (Å²) in [5.41, 5.74) is 0.404. The van der Waals surface area contributed by atoms with Crippen molar-refractivity contribution in [2.45, 2.75) is 57.3 Å². The summed E-state index contributed by atoms with van der Waals surface area (Å²) in [6.45, 7) is 1.67. The van der Waals surface area contributed by atoms with Crippen molar-refractivity contribution in [1.82, 2.24) is 5.32 Å². The number of carbonyl (C=O) groups is 2. The third-order valence-corrected chi connectivity index (χ3v) is 6.25. The Morgan fingerprint density at radius 2 is 1.73 bits per heavy atom. The van der Waals surface area contributed by atoms with E-state index in [-0.39, 0.29) is 11.7 Å². The van der Waals surface area contributed by atoms with Crippen LogP contribution in [0.2, 0.25) is 0 Å². The first kappa shape index (κ1) is 22.3. The Balaban J connectivity index is 2.06. The van der Waals surface area contributed by atoms with Gasteiger partial charge in [0.25, 0.3) is 0 Å². The number of aryl methyl sites for hydroxylation is 1. The maximum Gasteiger partial charge on any atom is 0.471 e. The molecule has 9 heteroatoms. The summed E-state index contributed by atoms with van der Waals surface area (Å²) in [4.78, 5) is 26.4. The number of nitrogens with one attached hydrogen (secondary N) is 1. The Labute approximate surface area is 175 Å².